The second kappa shape index (κ2) is 6.57. The molecule has 0 amide bonds. The zero-order valence-electron chi connectivity index (χ0n) is 9.34. The Bertz CT molecular complexity index is 310. The van der Waals surface area contributed by atoms with Crippen LogP contribution in [0.25, 0.3) is 0 Å². The fraction of sp³-hybridized carbons (Fsp3) is 0.636. The Morgan fingerprint density at radius 1 is 1.38 bits per heavy atom. The lowest BCUT2D eigenvalue weighted by Crippen LogP contribution is -2.47. The van der Waals surface area contributed by atoms with E-state index in [2.05, 4.69) is 21.6 Å². The molecule has 0 aliphatic carbocycles. The average molecular weight is 260 g/mol. The second-order valence-corrected chi connectivity index (χ2v) is 5.78. The zero-order valence-corrected chi connectivity index (χ0v) is 10.9. The van der Waals surface area contributed by atoms with Crippen LogP contribution < -0.4 is 10.6 Å². The number of hydrogen-bond donors (Lipinski definition) is 2. The van der Waals surface area contributed by atoms with Crippen molar-refractivity contribution in [3.63, 3.8) is 0 Å². The first-order valence-electron chi connectivity index (χ1n) is 5.72. The topological polar surface area (TPSA) is 27.3 Å². The molecule has 0 radical (unpaired) electrons. The van der Waals surface area contributed by atoms with Crippen molar-refractivity contribution in [1.29, 1.82) is 0 Å². The van der Waals surface area contributed by atoms with Crippen LogP contribution in [-0.2, 0) is 6.42 Å². The van der Waals surface area contributed by atoms with E-state index in [4.69, 9.17) is 11.6 Å². The van der Waals surface area contributed by atoms with Crippen LogP contribution in [0.2, 0.25) is 4.34 Å². The molecule has 1 aliphatic rings. The first kappa shape index (κ1) is 12.3. The van der Waals surface area contributed by atoms with Crippen LogP contribution in [0.5, 0.6) is 0 Å². The van der Waals surface area contributed by atoms with Crippen LogP contribution in [0, 0.1) is 0 Å². The highest BCUT2D eigenvalue weighted by molar-refractivity contribution is 7.16. The molecule has 0 aromatic carbocycles. The Kier molecular flexibility index (Phi) is 5.06. The first-order valence-corrected chi connectivity index (χ1v) is 6.92. The molecule has 0 bridgehead atoms. The first-order chi connectivity index (χ1) is 7.84. The maximum Gasteiger partial charge on any atom is 0.0931 e. The van der Waals surface area contributed by atoms with E-state index in [1.165, 1.54) is 4.88 Å². The van der Waals surface area contributed by atoms with Crippen LogP contribution >= 0.6 is 22.9 Å². The van der Waals surface area contributed by atoms with Gasteiger partial charge in [0.1, 0.15) is 0 Å². The van der Waals surface area contributed by atoms with Crippen molar-refractivity contribution in [2.45, 2.75) is 6.42 Å². The van der Waals surface area contributed by atoms with Crippen molar-refractivity contribution in [2.24, 2.45) is 0 Å². The van der Waals surface area contributed by atoms with Gasteiger partial charge in [0.25, 0.3) is 0 Å². The second-order valence-electron chi connectivity index (χ2n) is 3.98. The van der Waals surface area contributed by atoms with E-state index in [1.54, 1.807) is 11.3 Å². The predicted octanol–water partition coefficient (Wildman–Crippen LogP) is 1.40. The maximum atomic E-state index is 5.88. The van der Waals surface area contributed by atoms with Gasteiger partial charge in [-0.25, -0.2) is 0 Å². The monoisotopic (exact) mass is 259 g/mol. The molecule has 0 unspecified atom stereocenters. The summed E-state index contributed by atoms with van der Waals surface area (Å²) in [6.07, 6.45) is 1.07. The molecule has 0 saturated carbocycles. The van der Waals surface area contributed by atoms with Gasteiger partial charge in [0.05, 0.1) is 4.34 Å². The van der Waals surface area contributed by atoms with E-state index < -0.39 is 0 Å². The molecule has 0 spiro atoms. The minimum absolute atomic E-state index is 0.886. The zero-order chi connectivity index (χ0) is 11.2. The number of halogens is 1. The number of piperazine rings is 1. The van der Waals surface area contributed by atoms with Crippen molar-refractivity contribution < 1.29 is 0 Å². The van der Waals surface area contributed by atoms with Gasteiger partial charge in [-0.3, -0.25) is 4.90 Å². The third-order valence-corrected chi connectivity index (χ3v) is 4.01. The molecule has 16 heavy (non-hydrogen) atoms. The Hall–Kier alpha value is -0.130. The summed E-state index contributed by atoms with van der Waals surface area (Å²) in [6, 6.07) is 4.08. The van der Waals surface area contributed by atoms with Crippen LogP contribution in [0.15, 0.2) is 12.1 Å². The number of nitrogens with zero attached hydrogens (tertiary/aromatic N) is 1. The van der Waals surface area contributed by atoms with Crippen molar-refractivity contribution >= 4 is 22.9 Å². The largest absolute Gasteiger partial charge is 0.314 e. The molecule has 1 saturated heterocycles. The summed E-state index contributed by atoms with van der Waals surface area (Å²) in [6.45, 7) is 6.56. The molecule has 5 heteroatoms. The molecular weight excluding hydrogens is 242 g/mol. The minimum Gasteiger partial charge on any atom is -0.314 e. The molecule has 3 nitrogen and oxygen atoms in total. The van der Waals surface area contributed by atoms with Gasteiger partial charge in [0, 0.05) is 44.3 Å². The smallest absolute Gasteiger partial charge is 0.0931 e. The summed E-state index contributed by atoms with van der Waals surface area (Å²) in [5.74, 6) is 0. The lowest BCUT2D eigenvalue weighted by Gasteiger charge is -2.27. The summed E-state index contributed by atoms with van der Waals surface area (Å²) in [5.41, 5.74) is 0. The van der Waals surface area contributed by atoms with E-state index in [0.717, 1.165) is 50.1 Å². The third-order valence-electron chi connectivity index (χ3n) is 2.72. The van der Waals surface area contributed by atoms with Crippen LogP contribution in [0.1, 0.15) is 4.88 Å². The molecule has 1 aromatic rings. The van der Waals surface area contributed by atoms with Gasteiger partial charge in [-0.15, -0.1) is 11.3 Å². The molecule has 1 fully saturated rings. The molecule has 2 N–H and O–H groups in total. The third kappa shape index (κ3) is 4.03. The summed E-state index contributed by atoms with van der Waals surface area (Å²) >= 11 is 7.55. The average Bonchev–Trinajstić information content (AvgIpc) is 2.72. The van der Waals surface area contributed by atoms with Crippen LogP contribution in [-0.4, -0.2) is 44.3 Å². The highest BCUT2D eigenvalue weighted by Crippen LogP contribution is 2.21. The minimum atomic E-state index is 0.886. The molecule has 0 atom stereocenters. The van der Waals surface area contributed by atoms with Gasteiger partial charge in [0.2, 0.25) is 0 Å². The highest BCUT2D eigenvalue weighted by atomic mass is 35.5. The Morgan fingerprint density at radius 2 is 2.19 bits per heavy atom. The van der Waals surface area contributed by atoms with Crippen LogP contribution in [0.4, 0.5) is 0 Å². The fourth-order valence-corrected chi connectivity index (χ4v) is 2.89. The highest BCUT2D eigenvalue weighted by Gasteiger charge is 2.07. The van der Waals surface area contributed by atoms with Crippen LogP contribution in [0.3, 0.4) is 0 Å². The standard InChI is InChI=1S/C11H18ClN3S/c12-11-2-1-10(16-11)3-4-14-9-15-7-5-13-6-8-15/h1-2,13-14H,3-9H2. The van der Waals surface area contributed by atoms with Gasteiger partial charge in [-0.05, 0) is 18.6 Å². The summed E-state index contributed by atoms with van der Waals surface area (Å²) in [4.78, 5) is 3.80. The van der Waals surface area contributed by atoms with Gasteiger partial charge < -0.3 is 10.6 Å². The summed E-state index contributed by atoms with van der Waals surface area (Å²) < 4.78 is 0.886. The Balaban J connectivity index is 1.57. The SMILES string of the molecule is Clc1ccc(CCNCN2CCNCC2)s1. The fourth-order valence-electron chi connectivity index (χ4n) is 1.80. The number of nitrogens with one attached hydrogen (secondary N) is 2. The van der Waals surface area contributed by atoms with E-state index >= 15 is 0 Å². The quantitative estimate of drug-likeness (QED) is 0.783. The van der Waals surface area contributed by atoms with E-state index in [9.17, 15) is 0 Å². The van der Waals surface area contributed by atoms with Gasteiger partial charge >= 0.3 is 0 Å². The molecule has 1 aliphatic heterocycles. The molecular formula is C11H18ClN3S. The summed E-state index contributed by atoms with van der Waals surface area (Å²) in [7, 11) is 0. The van der Waals surface area contributed by atoms with E-state index in [1.807, 2.05) is 6.07 Å². The molecule has 90 valence electrons. The Morgan fingerprint density at radius 3 is 2.88 bits per heavy atom. The van der Waals surface area contributed by atoms with Crippen molar-refractivity contribution in [2.75, 3.05) is 39.4 Å². The lowest BCUT2D eigenvalue weighted by atomic mass is 10.3. The maximum absolute atomic E-state index is 5.88. The molecule has 1 aromatic heterocycles. The number of hydrogen-bond acceptors (Lipinski definition) is 4. The molecule has 2 rings (SSSR count). The van der Waals surface area contributed by atoms with E-state index in [0.29, 0.717) is 0 Å². The summed E-state index contributed by atoms with van der Waals surface area (Å²) in [5, 5.41) is 6.83. The van der Waals surface area contributed by atoms with Crippen molar-refractivity contribution in [3.8, 4) is 0 Å². The normalized spacial score (nSPS) is 17.8. The number of rotatable bonds is 5. The molecule has 2 heterocycles. The lowest BCUT2D eigenvalue weighted by molar-refractivity contribution is 0.224. The van der Waals surface area contributed by atoms with Crippen molar-refractivity contribution in [3.05, 3.63) is 21.3 Å². The Labute approximate surface area is 106 Å². The number of thiophene rings is 1. The van der Waals surface area contributed by atoms with Gasteiger partial charge in [-0.1, -0.05) is 11.6 Å². The van der Waals surface area contributed by atoms with Gasteiger partial charge in [0.15, 0.2) is 0 Å². The van der Waals surface area contributed by atoms with E-state index in [-0.39, 0.29) is 0 Å². The predicted molar refractivity (Wildman–Crippen MR) is 70.3 cm³/mol. The van der Waals surface area contributed by atoms with Gasteiger partial charge in [-0.2, -0.15) is 0 Å². The van der Waals surface area contributed by atoms with Crippen molar-refractivity contribution in [1.82, 2.24) is 15.5 Å².